The lowest BCUT2D eigenvalue weighted by Gasteiger charge is -2.27. The van der Waals surface area contributed by atoms with Gasteiger partial charge in [-0.3, -0.25) is 34.2 Å². The summed E-state index contributed by atoms with van der Waals surface area (Å²) in [6.45, 7) is 0.191. The molecule has 8 nitrogen and oxygen atoms in total. The number of nitrogens with zero attached hydrogens (tertiary/aromatic N) is 1. The molecule has 1 unspecified atom stereocenters. The van der Waals surface area contributed by atoms with Crippen LogP contribution in [-0.4, -0.2) is 40.5 Å². The number of fused-ring (bicyclic) bond motifs is 1. The first-order valence-corrected chi connectivity index (χ1v) is 10.2. The maximum atomic E-state index is 12.8. The van der Waals surface area contributed by atoms with Gasteiger partial charge in [-0.25, -0.2) is 0 Å². The molecule has 0 aliphatic carbocycles. The Hall–Kier alpha value is -3.46. The van der Waals surface area contributed by atoms with Crippen LogP contribution in [0.2, 0.25) is 0 Å². The molecule has 1 atom stereocenters. The van der Waals surface area contributed by atoms with E-state index in [1.807, 2.05) is 24.3 Å². The van der Waals surface area contributed by atoms with E-state index in [9.17, 15) is 24.0 Å². The minimum absolute atomic E-state index is 0.0673. The molecule has 158 valence electrons. The zero-order valence-corrected chi connectivity index (χ0v) is 17.3. The Balaban J connectivity index is 1.43. The maximum absolute atomic E-state index is 12.8. The van der Waals surface area contributed by atoms with Gasteiger partial charge in [-0.15, -0.1) is 12.6 Å². The van der Waals surface area contributed by atoms with Crippen molar-refractivity contribution < 1.29 is 24.0 Å². The molecular formula is C22H19N3O5S. The van der Waals surface area contributed by atoms with E-state index in [1.54, 1.807) is 12.1 Å². The molecule has 2 aromatic rings. The van der Waals surface area contributed by atoms with E-state index in [2.05, 4.69) is 23.3 Å². The van der Waals surface area contributed by atoms with Gasteiger partial charge in [-0.05, 0) is 41.8 Å². The van der Waals surface area contributed by atoms with Crippen molar-refractivity contribution in [3.63, 3.8) is 0 Å². The number of hydrogen-bond donors (Lipinski definition) is 3. The molecule has 0 saturated carbocycles. The highest BCUT2D eigenvalue weighted by Crippen LogP contribution is 2.28. The second-order valence-corrected chi connectivity index (χ2v) is 7.96. The second kappa shape index (κ2) is 8.35. The average Bonchev–Trinajstić information content (AvgIpc) is 2.98. The Morgan fingerprint density at radius 3 is 2.39 bits per heavy atom. The van der Waals surface area contributed by atoms with Crippen LogP contribution >= 0.6 is 12.6 Å². The molecule has 2 aliphatic rings. The number of imide groups is 2. The van der Waals surface area contributed by atoms with Crippen LogP contribution in [0.3, 0.4) is 0 Å². The molecule has 1 saturated heterocycles. The maximum Gasteiger partial charge on any atom is 0.262 e. The summed E-state index contributed by atoms with van der Waals surface area (Å²) in [7, 11) is 0. The number of amides is 5. The van der Waals surface area contributed by atoms with E-state index in [0.29, 0.717) is 5.56 Å². The molecule has 2 N–H and O–H groups in total. The number of hydrogen-bond acceptors (Lipinski definition) is 6. The van der Waals surface area contributed by atoms with E-state index < -0.39 is 29.7 Å². The Kier molecular flexibility index (Phi) is 5.60. The number of nitrogens with one attached hydrogen (secondary N) is 2. The van der Waals surface area contributed by atoms with Gasteiger partial charge < -0.3 is 5.32 Å². The van der Waals surface area contributed by atoms with Crippen molar-refractivity contribution in [2.75, 3.05) is 0 Å². The summed E-state index contributed by atoms with van der Waals surface area (Å²) in [6.07, 6.45) is 0.380. The number of benzene rings is 2. The van der Waals surface area contributed by atoms with Gasteiger partial charge in [-0.2, -0.15) is 0 Å². The summed E-state index contributed by atoms with van der Waals surface area (Å²) in [5.74, 6) is -2.38. The lowest BCUT2D eigenvalue weighted by molar-refractivity contribution is -0.136. The minimum Gasteiger partial charge on any atom is -0.352 e. The smallest absolute Gasteiger partial charge is 0.262 e. The fraction of sp³-hybridized carbons (Fsp3) is 0.227. The Bertz CT molecular complexity index is 1110. The van der Waals surface area contributed by atoms with Crippen LogP contribution in [0.15, 0.2) is 47.4 Å². The van der Waals surface area contributed by atoms with Crippen LogP contribution in [-0.2, 0) is 27.3 Å². The average molecular weight is 437 g/mol. The number of carbonyl (C=O) groups is 5. The number of thiol groups is 1. The second-order valence-electron chi connectivity index (χ2n) is 7.45. The van der Waals surface area contributed by atoms with Crippen molar-refractivity contribution in [3.05, 3.63) is 64.7 Å². The molecule has 31 heavy (non-hydrogen) atoms. The molecule has 1 fully saturated rings. The summed E-state index contributed by atoms with van der Waals surface area (Å²) in [5.41, 5.74) is 1.90. The van der Waals surface area contributed by atoms with Gasteiger partial charge in [0.05, 0.1) is 17.5 Å². The molecule has 4 rings (SSSR count). The van der Waals surface area contributed by atoms with E-state index in [0.717, 1.165) is 15.4 Å². The third kappa shape index (κ3) is 4.22. The highest BCUT2D eigenvalue weighted by molar-refractivity contribution is 7.80. The van der Waals surface area contributed by atoms with Gasteiger partial charge in [-0.1, -0.05) is 18.2 Å². The van der Waals surface area contributed by atoms with Crippen LogP contribution in [0, 0.1) is 0 Å². The van der Waals surface area contributed by atoms with Gasteiger partial charge in [0.1, 0.15) is 6.04 Å². The zero-order valence-electron chi connectivity index (χ0n) is 16.4. The van der Waals surface area contributed by atoms with E-state index in [4.69, 9.17) is 0 Å². The first-order chi connectivity index (χ1) is 14.8. The topological polar surface area (TPSA) is 113 Å². The van der Waals surface area contributed by atoms with Crippen molar-refractivity contribution in [1.82, 2.24) is 15.5 Å². The minimum atomic E-state index is -1.00. The Labute approximate surface area is 183 Å². The van der Waals surface area contributed by atoms with Gasteiger partial charge >= 0.3 is 0 Å². The van der Waals surface area contributed by atoms with Gasteiger partial charge in [0.2, 0.25) is 17.7 Å². The van der Waals surface area contributed by atoms with Crippen LogP contribution in [0.25, 0.3) is 0 Å². The molecule has 9 heteroatoms. The van der Waals surface area contributed by atoms with Crippen LogP contribution in [0.4, 0.5) is 0 Å². The van der Waals surface area contributed by atoms with Gasteiger partial charge in [0, 0.05) is 17.9 Å². The molecule has 0 radical (unpaired) electrons. The molecule has 5 amide bonds. The van der Waals surface area contributed by atoms with Crippen molar-refractivity contribution in [2.45, 2.75) is 36.7 Å². The predicted octanol–water partition coefficient (Wildman–Crippen LogP) is 1.24. The van der Waals surface area contributed by atoms with Gasteiger partial charge in [0.25, 0.3) is 11.8 Å². The fourth-order valence-electron chi connectivity index (χ4n) is 3.69. The quantitative estimate of drug-likeness (QED) is 0.481. The Morgan fingerprint density at radius 1 is 1.00 bits per heavy atom. The number of piperidine rings is 1. The molecule has 2 aliphatic heterocycles. The first-order valence-electron chi connectivity index (χ1n) is 9.72. The van der Waals surface area contributed by atoms with E-state index in [1.165, 1.54) is 6.07 Å². The van der Waals surface area contributed by atoms with Crippen molar-refractivity contribution in [3.8, 4) is 0 Å². The molecule has 2 aromatic carbocycles. The normalized spacial score (nSPS) is 18.1. The predicted molar refractivity (Wildman–Crippen MR) is 112 cm³/mol. The highest BCUT2D eigenvalue weighted by Gasteiger charge is 2.44. The third-order valence-electron chi connectivity index (χ3n) is 5.29. The molecular weight excluding hydrogens is 418 g/mol. The first kappa shape index (κ1) is 20.8. The van der Waals surface area contributed by atoms with E-state index in [-0.39, 0.29) is 42.8 Å². The largest absolute Gasteiger partial charge is 0.352 e. The number of rotatable bonds is 5. The summed E-state index contributed by atoms with van der Waals surface area (Å²) in [6, 6.07) is 11.0. The van der Waals surface area contributed by atoms with E-state index >= 15 is 0 Å². The highest BCUT2D eigenvalue weighted by atomic mass is 32.1. The Morgan fingerprint density at radius 2 is 1.68 bits per heavy atom. The fourth-order valence-corrected chi connectivity index (χ4v) is 3.84. The zero-order chi connectivity index (χ0) is 22.1. The van der Waals surface area contributed by atoms with Gasteiger partial charge in [0.15, 0.2) is 0 Å². The van der Waals surface area contributed by atoms with Crippen LogP contribution < -0.4 is 10.6 Å². The molecule has 2 heterocycles. The summed E-state index contributed by atoms with van der Waals surface area (Å²) in [5, 5.41) is 4.96. The van der Waals surface area contributed by atoms with Crippen molar-refractivity contribution in [1.29, 1.82) is 0 Å². The van der Waals surface area contributed by atoms with Crippen molar-refractivity contribution >= 4 is 42.2 Å². The molecule has 0 aromatic heterocycles. The summed E-state index contributed by atoms with van der Waals surface area (Å²) in [4.78, 5) is 63.0. The SMILES string of the molecule is O=C(Cc1ccc(S)cc1)NCc1ccc2c(c1)C(=O)N(C1CCC(=O)NC1=O)C2=O. The lowest BCUT2D eigenvalue weighted by atomic mass is 10.0. The summed E-state index contributed by atoms with van der Waals surface area (Å²) < 4.78 is 0. The van der Waals surface area contributed by atoms with Crippen molar-refractivity contribution in [2.24, 2.45) is 0 Å². The lowest BCUT2D eigenvalue weighted by Crippen LogP contribution is -2.54. The molecule has 0 spiro atoms. The summed E-state index contributed by atoms with van der Waals surface area (Å²) >= 11 is 4.21. The van der Waals surface area contributed by atoms with Crippen LogP contribution in [0.1, 0.15) is 44.7 Å². The van der Waals surface area contributed by atoms with Crippen LogP contribution in [0.5, 0.6) is 0 Å². The third-order valence-corrected chi connectivity index (χ3v) is 5.59. The standard InChI is InChI=1S/C22H19N3O5S/c26-18-8-7-17(20(28)24-18)25-21(29)15-6-3-13(9-16(15)22(25)30)11-23-19(27)10-12-1-4-14(31)5-2-12/h1-6,9,17,31H,7-8,10-11H2,(H,23,27)(H,24,26,28). The number of carbonyl (C=O) groups excluding carboxylic acids is 5. The molecule has 0 bridgehead atoms. The monoisotopic (exact) mass is 437 g/mol.